The summed E-state index contributed by atoms with van der Waals surface area (Å²) in [5.74, 6) is 0.442. The Kier molecular flexibility index (Phi) is 15.2. The highest BCUT2D eigenvalue weighted by molar-refractivity contribution is 5.19. The lowest BCUT2D eigenvalue weighted by atomic mass is 10.0. The van der Waals surface area contributed by atoms with Gasteiger partial charge in [0.25, 0.3) is 0 Å². The molecule has 0 aliphatic heterocycles. The Labute approximate surface area is 202 Å². The van der Waals surface area contributed by atoms with Crippen molar-refractivity contribution in [3.8, 4) is 5.75 Å². The van der Waals surface area contributed by atoms with Crippen LogP contribution in [0.1, 0.15) is 115 Å². The van der Waals surface area contributed by atoms with E-state index in [1.54, 1.807) is 6.07 Å². The summed E-state index contributed by atoms with van der Waals surface area (Å²) < 4.78 is 7.85. The maximum Gasteiger partial charge on any atom is 0.223 e. The molecule has 0 unspecified atom stereocenters. The molecule has 184 valence electrons. The van der Waals surface area contributed by atoms with Gasteiger partial charge < -0.3 is 9.30 Å². The highest BCUT2D eigenvalue weighted by Gasteiger charge is 2.03. The fourth-order valence-corrected chi connectivity index (χ4v) is 4.33. The molecule has 0 bridgehead atoms. The molecule has 0 fully saturated rings. The first kappa shape index (κ1) is 27.2. The molecular formula is C30H47NO2. The number of rotatable bonds is 20. The zero-order valence-electron chi connectivity index (χ0n) is 21.1. The third kappa shape index (κ3) is 13.3. The van der Waals surface area contributed by atoms with E-state index in [0.29, 0.717) is 12.4 Å². The second kappa shape index (κ2) is 18.4. The van der Waals surface area contributed by atoms with Crippen molar-refractivity contribution in [2.24, 2.45) is 0 Å². The fraction of sp³-hybridized carbons (Fsp3) is 0.633. The van der Waals surface area contributed by atoms with Crippen molar-refractivity contribution < 1.29 is 4.74 Å². The number of aryl methyl sites for hydroxylation is 1. The molecule has 0 radical (unpaired) electrons. The number of benzene rings is 1. The Morgan fingerprint density at radius 2 is 1.18 bits per heavy atom. The first-order chi connectivity index (χ1) is 16.3. The summed E-state index contributed by atoms with van der Waals surface area (Å²) in [5.41, 5.74) is 1.03. The van der Waals surface area contributed by atoms with E-state index in [1.165, 1.54) is 96.3 Å². The number of hydrogen-bond acceptors (Lipinski definition) is 2. The van der Waals surface area contributed by atoms with Gasteiger partial charge in [0.15, 0.2) is 5.75 Å². The molecule has 2 aromatic rings. The smallest absolute Gasteiger partial charge is 0.223 e. The van der Waals surface area contributed by atoms with Gasteiger partial charge in [0.1, 0.15) is 6.61 Å². The summed E-state index contributed by atoms with van der Waals surface area (Å²) in [6, 6.07) is 11.6. The average molecular weight is 454 g/mol. The van der Waals surface area contributed by atoms with Gasteiger partial charge in [-0.25, -0.2) is 0 Å². The predicted molar refractivity (Wildman–Crippen MR) is 141 cm³/mol. The maximum absolute atomic E-state index is 12.1. The Hall–Kier alpha value is -2.03. The van der Waals surface area contributed by atoms with Gasteiger partial charge in [-0.05, 0) is 12.0 Å². The minimum absolute atomic E-state index is 0.0471. The van der Waals surface area contributed by atoms with Crippen LogP contribution in [0.2, 0.25) is 0 Å². The van der Waals surface area contributed by atoms with Crippen LogP contribution in [0.5, 0.6) is 5.75 Å². The van der Waals surface area contributed by atoms with Crippen LogP contribution in [0.15, 0.2) is 53.6 Å². The van der Waals surface area contributed by atoms with Crippen molar-refractivity contribution in [3.63, 3.8) is 0 Å². The molecule has 0 aliphatic rings. The van der Waals surface area contributed by atoms with Gasteiger partial charge in [0, 0.05) is 18.8 Å². The zero-order chi connectivity index (χ0) is 23.4. The van der Waals surface area contributed by atoms with Crippen molar-refractivity contribution in [3.05, 3.63) is 64.6 Å². The van der Waals surface area contributed by atoms with Crippen LogP contribution in [-0.4, -0.2) is 4.57 Å². The van der Waals surface area contributed by atoms with Crippen LogP contribution >= 0.6 is 0 Å². The van der Waals surface area contributed by atoms with Gasteiger partial charge in [-0.15, -0.1) is 0 Å². The first-order valence-electron chi connectivity index (χ1n) is 13.7. The summed E-state index contributed by atoms with van der Waals surface area (Å²) in [5, 5.41) is 0. The third-order valence-corrected chi connectivity index (χ3v) is 6.45. The monoisotopic (exact) mass is 453 g/mol. The lowest BCUT2D eigenvalue weighted by Crippen LogP contribution is -2.11. The molecule has 0 amide bonds. The van der Waals surface area contributed by atoms with E-state index in [2.05, 4.69) is 11.5 Å². The number of unbranched alkanes of at least 4 members (excludes halogenated alkanes) is 15. The second-order valence-electron chi connectivity index (χ2n) is 9.49. The van der Waals surface area contributed by atoms with Gasteiger partial charge in [-0.1, -0.05) is 134 Å². The van der Waals surface area contributed by atoms with Crippen LogP contribution < -0.4 is 10.2 Å². The molecule has 3 heteroatoms. The van der Waals surface area contributed by atoms with Crippen LogP contribution in [0.4, 0.5) is 0 Å². The lowest BCUT2D eigenvalue weighted by Gasteiger charge is -2.10. The SMILES string of the molecule is CCCCCCCCCCCCCCCCCCn1ccc(=O)c(OCc2ccccc2)c1. The molecule has 1 aromatic carbocycles. The second-order valence-corrected chi connectivity index (χ2v) is 9.49. The molecule has 0 N–H and O–H groups in total. The van der Waals surface area contributed by atoms with Gasteiger partial charge in [-0.3, -0.25) is 4.79 Å². The van der Waals surface area contributed by atoms with Crippen LogP contribution in [0.3, 0.4) is 0 Å². The first-order valence-corrected chi connectivity index (χ1v) is 13.7. The van der Waals surface area contributed by atoms with Crippen LogP contribution in [0.25, 0.3) is 0 Å². The Morgan fingerprint density at radius 3 is 1.73 bits per heavy atom. The van der Waals surface area contributed by atoms with Gasteiger partial charge in [-0.2, -0.15) is 0 Å². The zero-order valence-corrected chi connectivity index (χ0v) is 21.1. The highest BCUT2D eigenvalue weighted by Crippen LogP contribution is 2.14. The molecule has 3 nitrogen and oxygen atoms in total. The Balaban J connectivity index is 1.44. The quantitative estimate of drug-likeness (QED) is 0.188. The van der Waals surface area contributed by atoms with Crippen molar-refractivity contribution in [1.29, 1.82) is 0 Å². The van der Waals surface area contributed by atoms with Crippen molar-refractivity contribution in [1.82, 2.24) is 4.57 Å². The highest BCUT2D eigenvalue weighted by atomic mass is 16.5. The van der Waals surface area contributed by atoms with E-state index < -0.39 is 0 Å². The standard InChI is InChI=1S/C30H47NO2/c1-2-3-4-5-6-7-8-9-10-11-12-13-14-15-16-20-24-31-25-23-29(32)30(26-31)33-27-28-21-18-17-19-22-28/h17-19,21-23,25-26H,2-16,20,24,27H2,1H3. The van der Waals surface area contributed by atoms with Crippen LogP contribution in [0, 0.1) is 0 Å². The summed E-state index contributed by atoms with van der Waals surface area (Å²) >= 11 is 0. The van der Waals surface area contributed by atoms with Gasteiger partial charge >= 0.3 is 0 Å². The topological polar surface area (TPSA) is 31.2 Å². The molecule has 0 spiro atoms. The minimum atomic E-state index is -0.0471. The Bertz CT molecular complexity index is 768. The van der Waals surface area contributed by atoms with Gasteiger partial charge in [0.2, 0.25) is 5.43 Å². The molecule has 0 saturated carbocycles. The summed E-state index contributed by atoms with van der Waals surface area (Å²) in [4.78, 5) is 12.1. The number of aromatic nitrogens is 1. The predicted octanol–water partition coefficient (Wildman–Crippen LogP) is 8.69. The van der Waals surface area contributed by atoms with Crippen molar-refractivity contribution >= 4 is 0 Å². The largest absolute Gasteiger partial charge is 0.483 e. The maximum atomic E-state index is 12.1. The number of nitrogens with zero attached hydrogens (tertiary/aromatic N) is 1. The van der Waals surface area contributed by atoms with E-state index in [0.717, 1.165) is 18.5 Å². The number of hydrogen-bond donors (Lipinski definition) is 0. The lowest BCUT2D eigenvalue weighted by molar-refractivity contribution is 0.300. The summed E-state index contributed by atoms with van der Waals surface area (Å²) in [6.45, 7) is 3.66. The van der Waals surface area contributed by atoms with E-state index in [-0.39, 0.29) is 5.43 Å². The third-order valence-electron chi connectivity index (χ3n) is 6.45. The molecular weight excluding hydrogens is 406 g/mol. The van der Waals surface area contributed by atoms with Crippen molar-refractivity contribution in [2.75, 3.05) is 0 Å². The van der Waals surface area contributed by atoms with E-state index in [1.807, 2.05) is 42.7 Å². The van der Waals surface area contributed by atoms with E-state index in [4.69, 9.17) is 4.74 Å². The minimum Gasteiger partial charge on any atom is -0.483 e. The molecule has 33 heavy (non-hydrogen) atoms. The number of ether oxygens (including phenoxy) is 1. The molecule has 2 rings (SSSR count). The summed E-state index contributed by atoms with van der Waals surface area (Å²) in [7, 11) is 0. The fourth-order valence-electron chi connectivity index (χ4n) is 4.33. The normalized spacial score (nSPS) is 11.1. The van der Waals surface area contributed by atoms with Gasteiger partial charge in [0.05, 0.1) is 6.20 Å². The van der Waals surface area contributed by atoms with E-state index >= 15 is 0 Å². The average Bonchev–Trinajstić information content (AvgIpc) is 2.84. The Morgan fingerprint density at radius 1 is 0.667 bits per heavy atom. The van der Waals surface area contributed by atoms with Crippen molar-refractivity contribution in [2.45, 2.75) is 123 Å². The molecule has 0 aliphatic carbocycles. The van der Waals surface area contributed by atoms with Crippen LogP contribution in [-0.2, 0) is 13.2 Å². The number of pyridine rings is 1. The molecule has 0 atom stereocenters. The summed E-state index contributed by atoms with van der Waals surface area (Å²) in [6.07, 6.45) is 25.8. The molecule has 1 aromatic heterocycles. The molecule has 0 saturated heterocycles. The molecule has 1 heterocycles. The van der Waals surface area contributed by atoms with E-state index in [9.17, 15) is 4.79 Å².